The van der Waals surface area contributed by atoms with Gasteiger partial charge in [0, 0.05) is 19.8 Å². The van der Waals surface area contributed by atoms with Gasteiger partial charge in [0.05, 0.1) is 23.1 Å². The third-order valence-electron chi connectivity index (χ3n) is 6.24. The number of hydrogen-bond donors (Lipinski definition) is 3. The molecule has 5 aromatic rings. The minimum absolute atomic E-state index is 0.135. The molecule has 3 aromatic heterocycles. The molecule has 0 fully saturated rings. The van der Waals surface area contributed by atoms with Gasteiger partial charge in [-0.1, -0.05) is 24.3 Å². The molecule has 36 heavy (non-hydrogen) atoms. The number of aromatic amines is 1. The highest BCUT2D eigenvalue weighted by atomic mass is 16.6. The second-order valence-electron chi connectivity index (χ2n) is 8.66. The number of nitrogens with one attached hydrogen (secondary N) is 1. The van der Waals surface area contributed by atoms with Crippen molar-refractivity contribution in [3.8, 4) is 17.2 Å². The Morgan fingerprint density at radius 2 is 2.03 bits per heavy atom. The zero-order valence-electron chi connectivity index (χ0n) is 19.5. The Balaban J connectivity index is 1.39. The first-order valence-electron chi connectivity index (χ1n) is 11.5. The molecule has 6 rings (SSSR count). The van der Waals surface area contributed by atoms with Crippen LogP contribution in [0.15, 0.2) is 59.5 Å². The molecule has 0 saturated carbocycles. The van der Waals surface area contributed by atoms with Crippen LogP contribution < -0.4 is 31.4 Å². The molecule has 4 heterocycles. The molecule has 182 valence electrons. The van der Waals surface area contributed by atoms with Gasteiger partial charge >= 0.3 is 0 Å². The molecular formula is C25H24N8O3. The summed E-state index contributed by atoms with van der Waals surface area (Å²) in [7, 11) is 1.87. The Labute approximate surface area is 205 Å². The van der Waals surface area contributed by atoms with E-state index in [1.165, 1.54) is 4.57 Å². The summed E-state index contributed by atoms with van der Waals surface area (Å²) in [5, 5.41) is 7.84. The van der Waals surface area contributed by atoms with E-state index in [9.17, 15) is 4.79 Å². The fourth-order valence-corrected chi connectivity index (χ4v) is 4.45. The quantitative estimate of drug-likeness (QED) is 0.340. The number of H-pyrrole nitrogens is 1. The molecule has 0 spiro atoms. The number of fused-ring (bicyclic) bond motifs is 4. The van der Waals surface area contributed by atoms with Crippen LogP contribution in [0, 0.1) is 0 Å². The first kappa shape index (κ1) is 21.9. The van der Waals surface area contributed by atoms with Gasteiger partial charge in [-0.25, -0.2) is 4.98 Å². The van der Waals surface area contributed by atoms with E-state index in [1.807, 2.05) is 60.5 Å². The number of nitrogen functional groups attached to an aromatic ring is 1. The number of nitrogens with two attached hydrogens (primary N) is 2. The maximum Gasteiger partial charge on any atom is 0.270 e. The maximum absolute atomic E-state index is 13.5. The molecule has 1 aliphatic rings. The first-order valence-corrected chi connectivity index (χ1v) is 11.5. The zero-order valence-corrected chi connectivity index (χ0v) is 19.5. The molecule has 0 bridgehead atoms. The van der Waals surface area contributed by atoms with Crippen molar-refractivity contribution in [3.63, 3.8) is 0 Å². The van der Waals surface area contributed by atoms with Crippen LogP contribution in [0.25, 0.3) is 27.6 Å². The smallest absolute Gasteiger partial charge is 0.270 e. The lowest BCUT2D eigenvalue weighted by Gasteiger charge is -2.30. The summed E-state index contributed by atoms with van der Waals surface area (Å²) in [6, 6.07) is 15.0. The van der Waals surface area contributed by atoms with Gasteiger partial charge in [0.1, 0.15) is 12.0 Å². The number of para-hydroxylation sites is 1. The molecule has 0 saturated heterocycles. The van der Waals surface area contributed by atoms with Crippen LogP contribution in [0.4, 0.5) is 11.8 Å². The van der Waals surface area contributed by atoms with Gasteiger partial charge in [0.2, 0.25) is 5.95 Å². The minimum atomic E-state index is -0.307. The molecule has 2 aromatic carbocycles. The molecule has 1 aliphatic heterocycles. The molecule has 1 atom stereocenters. The highest BCUT2D eigenvalue weighted by Gasteiger charge is 2.25. The molecule has 11 heteroatoms. The number of nitrogens with zero attached hydrogens (tertiary/aromatic N) is 5. The number of ether oxygens (including phenoxy) is 2. The number of aromatic nitrogens is 5. The van der Waals surface area contributed by atoms with Crippen LogP contribution >= 0.6 is 0 Å². The molecule has 5 N–H and O–H groups in total. The Hall–Kier alpha value is -4.64. The normalized spacial score (nSPS) is 14.9. The number of likely N-dealkylation sites (N-methyl/N-ethyl adjacent to an activating group) is 1. The lowest BCUT2D eigenvalue weighted by Crippen LogP contribution is -2.40. The average Bonchev–Trinajstić information content (AvgIpc) is 3.30. The number of hydrogen-bond acceptors (Lipinski definition) is 9. The maximum atomic E-state index is 13.5. The van der Waals surface area contributed by atoms with Crippen molar-refractivity contribution in [2.45, 2.75) is 12.6 Å². The number of pyridine rings is 1. The predicted molar refractivity (Wildman–Crippen MR) is 137 cm³/mol. The van der Waals surface area contributed by atoms with Gasteiger partial charge in [-0.3, -0.25) is 14.5 Å². The summed E-state index contributed by atoms with van der Waals surface area (Å²) in [5.74, 6) is 1.93. The minimum Gasteiger partial charge on any atom is -0.486 e. The van der Waals surface area contributed by atoms with Crippen LogP contribution in [0.5, 0.6) is 11.5 Å². The lowest BCUT2D eigenvalue weighted by atomic mass is 10.2. The topological polar surface area (TPSA) is 150 Å². The number of rotatable bonds is 5. The summed E-state index contributed by atoms with van der Waals surface area (Å²) in [6.45, 7) is 1.27. The third kappa shape index (κ3) is 3.57. The van der Waals surface area contributed by atoms with E-state index in [-0.39, 0.29) is 17.5 Å². The molecule has 11 nitrogen and oxygen atoms in total. The monoisotopic (exact) mass is 484 g/mol. The van der Waals surface area contributed by atoms with Gasteiger partial charge < -0.3 is 25.8 Å². The van der Waals surface area contributed by atoms with Crippen molar-refractivity contribution >= 4 is 33.7 Å². The van der Waals surface area contributed by atoms with E-state index in [0.29, 0.717) is 64.8 Å². The Morgan fingerprint density at radius 1 is 1.19 bits per heavy atom. The second-order valence-corrected chi connectivity index (χ2v) is 8.66. The van der Waals surface area contributed by atoms with E-state index in [4.69, 9.17) is 25.9 Å². The van der Waals surface area contributed by atoms with E-state index in [0.717, 1.165) is 5.56 Å². The fraction of sp³-hybridized carbons (Fsp3) is 0.200. The number of anilines is 2. The van der Waals surface area contributed by atoms with Crippen LogP contribution in [0.1, 0.15) is 5.56 Å². The van der Waals surface area contributed by atoms with Crippen LogP contribution in [0.2, 0.25) is 0 Å². The van der Waals surface area contributed by atoms with Gasteiger partial charge in [0.15, 0.2) is 29.1 Å². The van der Waals surface area contributed by atoms with Crippen molar-refractivity contribution in [1.82, 2.24) is 24.7 Å². The molecule has 0 radical (unpaired) electrons. The Morgan fingerprint density at radius 3 is 2.83 bits per heavy atom. The van der Waals surface area contributed by atoms with Gasteiger partial charge in [-0.15, -0.1) is 0 Å². The molecule has 0 amide bonds. The van der Waals surface area contributed by atoms with Crippen LogP contribution in [-0.2, 0) is 6.54 Å². The van der Waals surface area contributed by atoms with Gasteiger partial charge in [-0.2, -0.15) is 10.1 Å². The van der Waals surface area contributed by atoms with Crippen LogP contribution in [-0.4, -0.2) is 51.0 Å². The summed E-state index contributed by atoms with van der Waals surface area (Å²) >= 11 is 0. The predicted octanol–water partition coefficient (Wildman–Crippen LogP) is 1.97. The fourth-order valence-electron chi connectivity index (χ4n) is 4.45. The van der Waals surface area contributed by atoms with E-state index in [1.54, 1.807) is 6.20 Å². The van der Waals surface area contributed by atoms with Gasteiger partial charge in [-0.05, 0) is 29.8 Å². The van der Waals surface area contributed by atoms with E-state index < -0.39 is 0 Å². The molecule has 1 unspecified atom stereocenters. The Bertz CT molecular complexity index is 1650. The largest absolute Gasteiger partial charge is 0.486 e. The van der Waals surface area contributed by atoms with Crippen LogP contribution in [0.3, 0.4) is 0 Å². The SMILES string of the molecule is CN(CC1COc2ccc(CN)cc2O1)c1ncc2c3[nH]nc(N)c3c(=O)n(-c3ccccc3)c2n1. The lowest BCUT2D eigenvalue weighted by molar-refractivity contribution is 0.0957. The number of benzene rings is 2. The summed E-state index contributed by atoms with van der Waals surface area (Å²) < 4.78 is 13.6. The van der Waals surface area contributed by atoms with E-state index >= 15 is 0 Å². The van der Waals surface area contributed by atoms with Crippen molar-refractivity contribution < 1.29 is 9.47 Å². The highest BCUT2D eigenvalue weighted by Crippen LogP contribution is 2.33. The summed E-state index contributed by atoms with van der Waals surface area (Å²) in [4.78, 5) is 24.7. The Kier molecular flexibility index (Phi) is 5.19. The first-order chi connectivity index (χ1) is 17.5. The van der Waals surface area contributed by atoms with Crippen molar-refractivity contribution in [3.05, 3.63) is 70.6 Å². The third-order valence-corrected chi connectivity index (χ3v) is 6.24. The summed E-state index contributed by atoms with van der Waals surface area (Å²) in [6.07, 6.45) is 1.43. The van der Waals surface area contributed by atoms with Crippen molar-refractivity contribution in [2.75, 3.05) is 30.8 Å². The standard InChI is InChI=1S/C25H24N8O3/c1-32(12-16-13-35-18-8-7-14(10-26)9-19(18)36-16)25-28-11-17-21-20(22(27)31-30-21)24(34)33(23(17)29-25)15-5-3-2-4-6-15/h2-9,11,16H,10,12-13,26H2,1H3,(H3,27,30,31). The zero-order chi connectivity index (χ0) is 24.8. The second kappa shape index (κ2) is 8.54. The van der Waals surface area contributed by atoms with Gasteiger partial charge in [0.25, 0.3) is 5.56 Å². The van der Waals surface area contributed by atoms with E-state index in [2.05, 4.69) is 15.2 Å². The average molecular weight is 485 g/mol. The highest BCUT2D eigenvalue weighted by molar-refractivity contribution is 6.05. The van der Waals surface area contributed by atoms with Crippen molar-refractivity contribution in [2.24, 2.45) is 5.73 Å². The molecule has 0 aliphatic carbocycles. The summed E-state index contributed by atoms with van der Waals surface area (Å²) in [5.41, 5.74) is 14.0. The van der Waals surface area contributed by atoms with Crippen molar-refractivity contribution in [1.29, 1.82) is 0 Å². The molecular weight excluding hydrogens is 460 g/mol.